The minimum atomic E-state index is 0.217. The first-order valence-corrected chi connectivity index (χ1v) is 7.55. The van der Waals surface area contributed by atoms with Crippen LogP contribution in [0.25, 0.3) is 0 Å². The van der Waals surface area contributed by atoms with Gasteiger partial charge in [0.1, 0.15) is 0 Å². The van der Waals surface area contributed by atoms with E-state index in [2.05, 4.69) is 50.5 Å². The summed E-state index contributed by atoms with van der Waals surface area (Å²) >= 11 is 3.67. The van der Waals surface area contributed by atoms with Gasteiger partial charge in [-0.15, -0.1) is 0 Å². The molecule has 0 aromatic rings. The molecule has 3 atom stereocenters. The minimum absolute atomic E-state index is 0.217. The highest BCUT2D eigenvalue weighted by Gasteiger charge is 2.29. The number of halogens is 1. The average molecular weight is 304 g/mol. The molecule has 2 nitrogen and oxygen atoms in total. The Morgan fingerprint density at radius 2 is 2.06 bits per heavy atom. The van der Waals surface area contributed by atoms with Gasteiger partial charge in [-0.3, -0.25) is 4.79 Å². The van der Waals surface area contributed by atoms with Crippen LogP contribution in [0, 0.1) is 17.3 Å². The Bertz CT molecular complexity index is 272. The summed E-state index contributed by atoms with van der Waals surface area (Å²) in [7, 11) is 0. The molecule has 0 bridgehead atoms. The summed E-state index contributed by atoms with van der Waals surface area (Å²) in [5, 5.41) is 0. The molecule has 0 radical (unpaired) electrons. The highest BCUT2D eigenvalue weighted by molar-refractivity contribution is 9.09. The molecule has 100 valence electrons. The van der Waals surface area contributed by atoms with Gasteiger partial charge in [-0.2, -0.15) is 0 Å². The molecule has 17 heavy (non-hydrogen) atoms. The smallest absolute Gasteiger partial charge is 0.222 e. The topological polar surface area (TPSA) is 20.3 Å². The Morgan fingerprint density at radius 1 is 1.47 bits per heavy atom. The largest absolute Gasteiger partial charge is 0.342 e. The Balaban J connectivity index is 2.49. The lowest BCUT2D eigenvalue weighted by Crippen LogP contribution is -2.44. The summed E-state index contributed by atoms with van der Waals surface area (Å²) < 4.78 is 0. The van der Waals surface area contributed by atoms with Crippen LogP contribution in [0.1, 0.15) is 47.5 Å². The van der Waals surface area contributed by atoms with Crippen molar-refractivity contribution in [2.75, 3.05) is 13.1 Å². The fourth-order valence-electron chi connectivity index (χ4n) is 2.04. The quantitative estimate of drug-likeness (QED) is 0.713. The lowest BCUT2D eigenvalue weighted by molar-refractivity contribution is -0.134. The number of hydrogen-bond donors (Lipinski definition) is 0. The molecule has 1 aliphatic rings. The number of piperidine rings is 1. The van der Waals surface area contributed by atoms with Gasteiger partial charge in [-0.05, 0) is 23.7 Å². The third-order valence-corrected chi connectivity index (χ3v) is 5.47. The van der Waals surface area contributed by atoms with Gasteiger partial charge in [0.05, 0.1) is 0 Å². The zero-order valence-corrected chi connectivity index (χ0v) is 13.4. The molecule has 1 aliphatic heterocycles. The fraction of sp³-hybridized carbons (Fsp3) is 0.929. The van der Waals surface area contributed by atoms with E-state index in [0.717, 1.165) is 19.5 Å². The average Bonchev–Trinajstić information content (AvgIpc) is 2.20. The highest BCUT2D eigenvalue weighted by atomic mass is 79.9. The van der Waals surface area contributed by atoms with Crippen LogP contribution in [0.5, 0.6) is 0 Å². The van der Waals surface area contributed by atoms with Crippen LogP contribution in [0.2, 0.25) is 0 Å². The first-order valence-electron chi connectivity index (χ1n) is 6.63. The second-order valence-corrected chi connectivity index (χ2v) is 7.77. The summed E-state index contributed by atoms with van der Waals surface area (Å²) in [5.41, 5.74) is 0.217. The lowest BCUT2D eigenvalue weighted by atomic mass is 9.80. The first kappa shape index (κ1) is 15.0. The van der Waals surface area contributed by atoms with Gasteiger partial charge in [0.2, 0.25) is 5.91 Å². The number of alkyl halides is 1. The first-order chi connectivity index (χ1) is 7.71. The molecular formula is C14H26BrNO. The van der Waals surface area contributed by atoms with E-state index in [4.69, 9.17) is 0 Å². The Hall–Kier alpha value is -0.0500. The zero-order chi connectivity index (χ0) is 13.2. The fourth-order valence-corrected chi connectivity index (χ4v) is 2.41. The molecule has 0 aliphatic carbocycles. The molecular weight excluding hydrogens is 278 g/mol. The Morgan fingerprint density at radius 3 is 2.53 bits per heavy atom. The van der Waals surface area contributed by atoms with Gasteiger partial charge in [0, 0.05) is 24.3 Å². The number of amides is 1. The molecule has 1 saturated heterocycles. The van der Waals surface area contributed by atoms with Crippen LogP contribution < -0.4 is 0 Å². The molecule has 1 fully saturated rings. The van der Waals surface area contributed by atoms with Crippen LogP contribution in [0.15, 0.2) is 0 Å². The summed E-state index contributed by atoms with van der Waals surface area (Å²) in [4.78, 5) is 14.8. The third kappa shape index (κ3) is 4.27. The minimum Gasteiger partial charge on any atom is -0.342 e. The number of nitrogens with zero attached hydrogens (tertiary/aromatic N) is 1. The van der Waals surface area contributed by atoms with Gasteiger partial charge in [0.15, 0.2) is 0 Å². The Labute approximate surface area is 114 Å². The van der Waals surface area contributed by atoms with Crippen molar-refractivity contribution in [1.82, 2.24) is 4.90 Å². The third-order valence-electron chi connectivity index (χ3n) is 4.11. The number of likely N-dealkylation sites (tertiary alicyclic amines) is 1. The normalized spacial score (nSPS) is 28.0. The Kier molecular flexibility index (Phi) is 5.06. The molecule has 1 rings (SSSR count). The monoisotopic (exact) mass is 303 g/mol. The van der Waals surface area contributed by atoms with E-state index >= 15 is 0 Å². The summed E-state index contributed by atoms with van der Waals surface area (Å²) in [6.45, 7) is 12.8. The van der Waals surface area contributed by atoms with E-state index in [1.54, 1.807) is 0 Å². The van der Waals surface area contributed by atoms with Gasteiger partial charge < -0.3 is 4.90 Å². The van der Waals surface area contributed by atoms with E-state index in [9.17, 15) is 4.79 Å². The highest BCUT2D eigenvalue weighted by Crippen LogP contribution is 2.30. The van der Waals surface area contributed by atoms with Gasteiger partial charge >= 0.3 is 0 Å². The molecule has 0 aromatic heterocycles. The van der Waals surface area contributed by atoms with Crippen LogP contribution in [-0.4, -0.2) is 28.7 Å². The number of carbonyl (C=O) groups excluding carboxylic acids is 1. The summed E-state index contributed by atoms with van der Waals surface area (Å²) in [6.07, 6.45) is 1.76. The molecule has 3 unspecified atom stereocenters. The van der Waals surface area contributed by atoms with E-state index in [1.807, 2.05) is 4.90 Å². The van der Waals surface area contributed by atoms with Gasteiger partial charge in [-0.25, -0.2) is 0 Å². The van der Waals surface area contributed by atoms with Crippen LogP contribution in [0.3, 0.4) is 0 Å². The number of rotatable bonds is 2. The molecule has 3 heteroatoms. The zero-order valence-electron chi connectivity index (χ0n) is 11.8. The number of hydrogen-bond acceptors (Lipinski definition) is 1. The predicted octanol–water partition coefficient (Wildman–Crippen LogP) is 3.69. The van der Waals surface area contributed by atoms with Crippen LogP contribution in [0.4, 0.5) is 0 Å². The van der Waals surface area contributed by atoms with Crippen LogP contribution in [-0.2, 0) is 4.79 Å². The number of carbonyl (C=O) groups is 1. The van der Waals surface area contributed by atoms with Crippen molar-refractivity contribution in [2.45, 2.75) is 52.3 Å². The van der Waals surface area contributed by atoms with Gasteiger partial charge in [0.25, 0.3) is 0 Å². The van der Waals surface area contributed by atoms with Crippen molar-refractivity contribution in [3.63, 3.8) is 0 Å². The second kappa shape index (κ2) is 5.73. The van der Waals surface area contributed by atoms with Crippen molar-refractivity contribution in [3.8, 4) is 0 Å². The molecule has 0 spiro atoms. The molecule has 0 aromatic carbocycles. The van der Waals surface area contributed by atoms with Crippen molar-refractivity contribution in [2.24, 2.45) is 17.3 Å². The maximum atomic E-state index is 12.2. The lowest BCUT2D eigenvalue weighted by Gasteiger charge is -2.36. The SMILES string of the molecule is CC1CN(C(=O)CC(C)C(C)(C)C)CCC1Br. The van der Waals surface area contributed by atoms with Crippen molar-refractivity contribution in [3.05, 3.63) is 0 Å². The van der Waals surface area contributed by atoms with E-state index in [1.165, 1.54) is 0 Å². The van der Waals surface area contributed by atoms with E-state index in [0.29, 0.717) is 29.0 Å². The summed E-state index contributed by atoms with van der Waals surface area (Å²) in [5.74, 6) is 1.34. The molecule has 0 saturated carbocycles. The molecule has 1 heterocycles. The van der Waals surface area contributed by atoms with E-state index < -0.39 is 0 Å². The molecule has 0 N–H and O–H groups in total. The van der Waals surface area contributed by atoms with Crippen molar-refractivity contribution >= 4 is 21.8 Å². The van der Waals surface area contributed by atoms with Crippen molar-refractivity contribution < 1.29 is 4.79 Å². The maximum Gasteiger partial charge on any atom is 0.222 e. The van der Waals surface area contributed by atoms with Crippen molar-refractivity contribution in [1.29, 1.82) is 0 Å². The van der Waals surface area contributed by atoms with Crippen LogP contribution >= 0.6 is 15.9 Å². The predicted molar refractivity (Wildman–Crippen MR) is 76.3 cm³/mol. The maximum absolute atomic E-state index is 12.2. The molecule has 1 amide bonds. The second-order valence-electron chi connectivity index (χ2n) is 6.59. The van der Waals surface area contributed by atoms with Gasteiger partial charge in [-0.1, -0.05) is 50.5 Å². The standard InChI is InChI=1S/C14H26BrNO/c1-10-9-16(7-6-12(10)15)13(17)8-11(2)14(3,4)5/h10-12H,6-9H2,1-5H3. The summed E-state index contributed by atoms with van der Waals surface area (Å²) in [6, 6.07) is 0. The van der Waals surface area contributed by atoms with E-state index in [-0.39, 0.29) is 5.41 Å².